The summed E-state index contributed by atoms with van der Waals surface area (Å²) >= 11 is 0. The summed E-state index contributed by atoms with van der Waals surface area (Å²) in [4.78, 5) is 28.3. The number of rotatable bonds is 5. The van der Waals surface area contributed by atoms with Crippen molar-refractivity contribution in [2.45, 2.75) is 25.8 Å². The number of carbonyl (C=O) groups is 1. The highest BCUT2D eigenvalue weighted by Gasteiger charge is 2.33. The highest BCUT2D eigenvalue weighted by atomic mass is 16.6. The number of pyridine rings is 1. The first kappa shape index (κ1) is 14.2. The van der Waals surface area contributed by atoms with Gasteiger partial charge in [0.05, 0.1) is 10.5 Å². The Morgan fingerprint density at radius 3 is 2.75 bits per heavy atom. The maximum Gasteiger partial charge on any atom is 0.288 e. The summed E-state index contributed by atoms with van der Waals surface area (Å²) in [6.45, 7) is 2.00. The SMILES string of the molecule is CNc1ncc([N+](=O)[O-])cc1C(=O)N(C)C(C)C1CC1. The predicted molar refractivity (Wildman–Crippen MR) is 74.7 cm³/mol. The molecular weight excluding hydrogens is 260 g/mol. The van der Waals surface area contributed by atoms with Gasteiger partial charge in [0.2, 0.25) is 0 Å². The third-order valence-electron chi connectivity index (χ3n) is 3.79. The van der Waals surface area contributed by atoms with E-state index in [1.54, 1.807) is 19.0 Å². The topological polar surface area (TPSA) is 88.4 Å². The fourth-order valence-electron chi connectivity index (χ4n) is 2.19. The number of amides is 1. The monoisotopic (exact) mass is 278 g/mol. The van der Waals surface area contributed by atoms with Crippen molar-refractivity contribution in [2.75, 3.05) is 19.4 Å². The molecule has 1 aliphatic rings. The second-order valence-corrected chi connectivity index (χ2v) is 5.09. The molecule has 0 aromatic carbocycles. The average Bonchev–Trinajstić information content (AvgIpc) is 3.28. The summed E-state index contributed by atoms with van der Waals surface area (Å²) in [6, 6.07) is 1.41. The van der Waals surface area contributed by atoms with Crippen LogP contribution in [0.2, 0.25) is 0 Å². The standard InChI is InChI=1S/C13H18N4O3/c1-8(9-4-5-9)16(3)13(18)11-6-10(17(19)20)7-15-12(11)14-2/h6-9H,4-5H2,1-3H3,(H,14,15). The Balaban J connectivity index is 2.31. The minimum Gasteiger partial charge on any atom is -0.372 e. The van der Waals surface area contributed by atoms with E-state index in [-0.39, 0.29) is 23.2 Å². The molecule has 1 heterocycles. The zero-order valence-electron chi connectivity index (χ0n) is 11.8. The van der Waals surface area contributed by atoms with Crippen molar-refractivity contribution in [3.05, 3.63) is 27.9 Å². The van der Waals surface area contributed by atoms with Crippen LogP contribution in [0.15, 0.2) is 12.3 Å². The molecule has 1 aliphatic carbocycles. The molecule has 7 heteroatoms. The number of anilines is 1. The van der Waals surface area contributed by atoms with Gasteiger partial charge in [0.15, 0.2) is 0 Å². The third kappa shape index (κ3) is 2.71. The predicted octanol–water partition coefficient (Wildman–Crippen LogP) is 1.90. The van der Waals surface area contributed by atoms with E-state index in [1.165, 1.54) is 6.07 Å². The van der Waals surface area contributed by atoms with Gasteiger partial charge < -0.3 is 10.2 Å². The molecule has 1 aromatic heterocycles. The van der Waals surface area contributed by atoms with Crippen LogP contribution in [0.25, 0.3) is 0 Å². The van der Waals surface area contributed by atoms with Crippen LogP contribution in [0.5, 0.6) is 0 Å². The third-order valence-corrected chi connectivity index (χ3v) is 3.79. The molecule has 2 rings (SSSR count). The molecule has 0 radical (unpaired) electrons. The Hall–Kier alpha value is -2.18. The van der Waals surface area contributed by atoms with Gasteiger partial charge in [-0.05, 0) is 25.7 Å². The van der Waals surface area contributed by atoms with Crippen molar-refractivity contribution in [3.63, 3.8) is 0 Å². The van der Waals surface area contributed by atoms with Gasteiger partial charge in [-0.1, -0.05) is 0 Å². The lowest BCUT2D eigenvalue weighted by molar-refractivity contribution is -0.385. The normalized spacial score (nSPS) is 15.6. The Morgan fingerprint density at radius 2 is 2.25 bits per heavy atom. The molecule has 0 bridgehead atoms. The molecule has 1 amide bonds. The second kappa shape index (κ2) is 5.44. The van der Waals surface area contributed by atoms with Crippen LogP contribution in [-0.2, 0) is 0 Å². The Labute approximate surface area is 117 Å². The van der Waals surface area contributed by atoms with E-state index < -0.39 is 4.92 Å². The summed E-state index contributed by atoms with van der Waals surface area (Å²) in [7, 11) is 3.36. The van der Waals surface area contributed by atoms with E-state index in [1.807, 2.05) is 6.92 Å². The zero-order chi connectivity index (χ0) is 14.9. The molecule has 7 nitrogen and oxygen atoms in total. The molecule has 0 aliphatic heterocycles. The number of carbonyl (C=O) groups excluding carboxylic acids is 1. The van der Waals surface area contributed by atoms with Crippen molar-refractivity contribution in [3.8, 4) is 0 Å². The number of aromatic nitrogens is 1. The quantitative estimate of drug-likeness (QED) is 0.656. The largest absolute Gasteiger partial charge is 0.372 e. The summed E-state index contributed by atoms with van der Waals surface area (Å²) in [6.07, 6.45) is 3.41. The van der Waals surface area contributed by atoms with Gasteiger partial charge in [-0.15, -0.1) is 0 Å². The molecule has 1 atom stereocenters. The van der Waals surface area contributed by atoms with Gasteiger partial charge in [0.1, 0.15) is 12.0 Å². The van der Waals surface area contributed by atoms with E-state index in [0.717, 1.165) is 19.0 Å². The first-order chi connectivity index (χ1) is 9.45. The van der Waals surface area contributed by atoms with E-state index >= 15 is 0 Å². The van der Waals surface area contributed by atoms with Gasteiger partial charge in [0, 0.05) is 26.2 Å². The van der Waals surface area contributed by atoms with Crippen LogP contribution < -0.4 is 5.32 Å². The minimum atomic E-state index is -0.548. The molecule has 1 fully saturated rings. The maximum atomic E-state index is 12.5. The zero-order valence-corrected chi connectivity index (χ0v) is 11.8. The molecular formula is C13H18N4O3. The smallest absolute Gasteiger partial charge is 0.288 e. The minimum absolute atomic E-state index is 0.131. The van der Waals surface area contributed by atoms with Crippen LogP contribution in [0, 0.1) is 16.0 Å². The van der Waals surface area contributed by atoms with Crippen LogP contribution in [-0.4, -0.2) is 40.9 Å². The number of nitrogens with zero attached hydrogens (tertiary/aromatic N) is 3. The Morgan fingerprint density at radius 1 is 1.60 bits per heavy atom. The average molecular weight is 278 g/mol. The van der Waals surface area contributed by atoms with Crippen molar-refractivity contribution in [2.24, 2.45) is 5.92 Å². The first-order valence-electron chi connectivity index (χ1n) is 6.55. The lowest BCUT2D eigenvalue weighted by atomic mass is 10.1. The van der Waals surface area contributed by atoms with Gasteiger partial charge in [-0.2, -0.15) is 0 Å². The summed E-state index contributed by atoms with van der Waals surface area (Å²) in [5.41, 5.74) is 0.0523. The van der Waals surface area contributed by atoms with E-state index in [9.17, 15) is 14.9 Å². The lowest BCUT2D eigenvalue weighted by Crippen LogP contribution is -2.36. The highest BCUT2D eigenvalue weighted by Crippen LogP contribution is 2.35. The fourth-order valence-corrected chi connectivity index (χ4v) is 2.19. The van der Waals surface area contributed by atoms with Crippen LogP contribution in [0.4, 0.5) is 11.5 Å². The molecule has 0 saturated heterocycles. The molecule has 20 heavy (non-hydrogen) atoms. The summed E-state index contributed by atoms with van der Waals surface area (Å²) in [5.74, 6) is 0.647. The number of hydrogen-bond acceptors (Lipinski definition) is 5. The molecule has 108 valence electrons. The fraction of sp³-hybridized carbons (Fsp3) is 0.538. The summed E-state index contributed by atoms with van der Waals surface area (Å²) < 4.78 is 0. The molecule has 1 aromatic rings. The van der Waals surface area contributed by atoms with Crippen molar-refractivity contribution < 1.29 is 9.72 Å². The van der Waals surface area contributed by atoms with E-state index in [2.05, 4.69) is 10.3 Å². The maximum absolute atomic E-state index is 12.5. The summed E-state index contributed by atoms with van der Waals surface area (Å²) in [5, 5.41) is 13.6. The van der Waals surface area contributed by atoms with Gasteiger partial charge in [0.25, 0.3) is 11.6 Å². The van der Waals surface area contributed by atoms with Crippen LogP contribution in [0.1, 0.15) is 30.1 Å². The number of nitro groups is 1. The first-order valence-corrected chi connectivity index (χ1v) is 6.55. The van der Waals surface area contributed by atoms with Gasteiger partial charge >= 0.3 is 0 Å². The molecule has 0 spiro atoms. The van der Waals surface area contributed by atoms with Crippen molar-refractivity contribution in [1.29, 1.82) is 0 Å². The number of hydrogen-bond donors (Lipinski definition) is 1. The Bertz CT molecular complexity index is 542. The number of nitrogens with one attached hydrogen (secondary N) is 1. The van der Waals surface area contributed by atoms with Gasteiger partial charge in [-0.3, -0.25) is 14.9 Å². The van der Waals surface area contributed by atoms with E-state index in [0.29, 0.717) is 11.7 Å². The van der Waals surface area contributed by atoms with Gasteiger partial charge in [-0.25, -0.2) is 4.98 Å². The lowest BCUT2D eigenvalue weighted by Gasteiger charge is -2.25. The molecule has 1 N–H and O–H groups in total. The van der Waals surface area contributed by atoms with Crippen molar-refractivity contribution in [1.82, 2.24) is 9.88 Å². The molecule has 1 saturated carbocycles. The van der Waals surface area contributed by atoms with E-state index in [4.69, 9.17) is 0 Å². The van der Waals surface area contributed by atoms with Crippen molar-refractivity contribution >= 4 is 17.4 Å². The highest BCUT2D eigenvalue weighted by molar-refractivity contribution is 5.99. The Kier molecular flexibility index (Phi) is 3.87. The van der Waals surface area contributed by atoms with Crippen LogP contribution in [0.3, 0.4) is 0 Å². The molecule has 1 unspecified atom stereocenters. The van der Waals surface area contributed by atoms with Crippen LogP contribution >= 0.6 is 0 Å². The second-order valence-electron chi connectivity index (χ2n) is 5.09.